The summed E-state index contributed by atoms with van der Waals surface area (Å²) < 4.78 is 11.2. The van der Waals surface area contributed by atoms with Gasteiger partial charge in [-0.25, -0.2) is 0 Å². The normalized spacial score (nSPS) is 17.7. The van der Waals surface area contributed by atoms with Crippen molar-refractivity contribution in [3.8, 4) is 5.75 Å². The van der Waals surface area contributed by atoms with Crippen molar-refractivity contribution in [3.63, 3.8) is 0 Å². The zero-order valence-electron chi connectivity index (χ0n) is 17.8. The highest BCUT2D eigenvalue weighted by molar-refractivity contribution is 6.35. The van der Waals surface area contributed by atoms with Crippen LogP contribution in [0.25, 0.3) is 5.57 Å². The predicted octanol–water partition coefficient (Wildman–Crippen LogP) is 3.47. The number of carbonyl (C=O) groups is 2. The van der Waals surface area contributed by atoms with Crippen molar-refractivity contribution in [1.82, 2.24) is 9.80 Å². The highest BCUT2D eigenvalue weighted by atomic mass is 16.5. The van der Waals surface area contributed by atoms with E-state index in [-0.39, 0.29) is 17.9 Å². The molecule has 0 bridgehead atoms. The monoisotopic (exact) mass is 400 g/mol. The minimum Gasteiger partial charge on any atom is -0.491 e. The molecular weight excluding hydrogens is 368 g/mol. The van der Waals surface area contributed by atoms with E-state index in [4.69, 9.17) is 9.47 Å². The van der Waals surface area contributed by atoms with E-state index in [1.807, 2.05) is 43.0 Å². The summed E-state index contributed by atoms with van der Waals surface area (Å²) >= 11 is 0. The molecule has 1 aromatic rings. The Morgan fingerprint density at radius 2 is 1.69 bits per heavy atom. The van der Waals surface area contributed by atoms with Crippen molar-refractivity contribution in [2.45, 2.75) is 52.6 Å². The molecule has 0 radical (unpaired) electrons. The van der Waals surface area contributed by atoms with Crippen LogP contribution in [0.1, 0.15) is 52.0 Å². The number of ether oxygens (including phenoxy) is 2. The van der Waals surface area contributed by atoms with Gasteiger partial charge in [-0.3, -0.25) is 14.5 Å². The van der Waals surface area contributed by atoms with Crippen LogP contribution < -0.4 is 4.74 Å². The Morgan fingerprint density at radius 1 is 1.00 bits per heavy atom. The van der Waals surface area contributed by atoms with Gasteiger partial charge in [-0.2, -0.15) is 0 Å². The van der Waals surface area contributed by atoms with Gasteiger partial charge in [-0.1, -0.05) is 38.3 Å². The van der Waals surface area contributed by atoms with Crippen LogP contribution >= 0.6 is 0 Å². The summed E-state index contributed by atoms with van der Waals surface area (Å²) in [6, 6.07) is 7.47. The molecule has 158 valence electrons. The lowest BCUT2D eigenvalue weighted by atomic mass is 10.0. The van der Waals surface area contributed by atoms with Gasteiger partial charge in [0.25, 0.3) is 11.8 Å². The van der Waals surface area contributed by atoms with Crippen LogP contribution in [-0.2, 0) is 14.3 Å². The molecule has 1 saturated heterocycles. The van der Waals surface area contributed by atoms with Gasteiger partial charge in [0, 0.05) is 19.6 Å². The highest BCUT2D eigenvalue weighted by Gasteiger charge is 2.41. The molecule has 2 heterocycles. The first kappa shape index (κ1) is 21.4. The first-order valence-electron chi connectivity index (χ1n) is 10.7. The van der Waals surface area contributed by atoms with Crippen molar-refractivity contribution < 1.29 is 19.1 Å². The second-order valence-electron chi connectivity index (χ2n) is 7.84. The maximum absolute atomic E-state index is 13.3. The molecule has 2 aliphatic heterocycles. The number of imide groups is 1. The number of benzene rings is 1. The lowest BCUT2D eigenvalue weighted by molar-refractivity contribution is -0.137. The predicted molar refractivity (Wildman–Crippen MR) is 112 cm³/mol. The third-order valence-electron chi connectivity index (χ3n) is 5.22. The molecule has 0 N–H and O–H groups in total. The maximum Gasteiger partial charge on any atom is 0.277 e. The summed E-state index contributed by atoms with van der Waals surface area (Å²) in [5, 5.41) is 0. The number of morpholine rings is 1. The standard InChI is InChI=1S/C23H32N2O4/c1-4-5-6-7-12-25-22(26)20(18-8-10-19(11-9-18)29-17(2)3)21(23(25)27)24-13-15-28-16-14-24/h8-11,17H,4-7,12-16H2,1-3H3. The topological polar surface area (TPSA) is 59.1 Å². The minimum atomic E-state index is -0.189. The van der Waals surface area contributed by atoms with Gasteiger partial charge in [0.15, 0.2) is 0 Å². The molecule has 0 saturated carbocycles. The number of hydrogen-bond donors (Lipinski definition) is 0. The van der Waals surface area contributed by atoms with E-state index in [9.17, 15) is 9.59 Å². The molecule has 1 aromatic carbocycles. The summed E-state index contributed by atoms with van der Waals surface area (Å²) in [6.07, 6.45) is 4.18. The average molecular weight is 401 g/mol. The number of amides is 2. The van der Waals surface area contributed by atoms with Gasteiger partial charge < -0.3 is 14.4 Å². The van der Waals surface area contributed by atoms with Crippen molar-refractivity contribution >= 4 is 17.4 Å². The van der Waals surface area contributed by atoms with E-state index in [1.165, 1.54) is 4.90 Å². The van der Waals surface area contributed by atoms with E-state index in [0.717, 1.165) is 37.0 Å². The smallest absolute Gasteiger partial charge is 0.277 e. The Kier molecular flexibility index (Phi) is 7.31. The summed E-state index contributed by atoms with van der Waals surface area (Å²) in [4.78, 5) is 29.9. The van der Waals surface area contributed by atoms with Crippen LogP contribution in [-0.4, -0.2) is 60.6 Å². The SMILES string of the molecule is CCCCCCN1C(=O)C(c2ccc(OC(C)C)cc2)=C(N2CCOCC2)C1=O. The van der Waals surface area contributed by atoms with Gasteiger partial charge in [0.05, 0.1) is 24.9 Å². The molecule has 3 rings (SSSR count). The van der Waals surface area contributed by atoms with Gasteiger partial charge in [0.1, 0.15) is 11.4 Å². The maximum atomic E-state index is 13.3. The molecule has 0 spiro atoms. The first-order valence-corrected chi connectivity index (χ1v) is 10.7. The molecule has 0 aromatic heterocycles. The molecule has 6 nitrogen and oxygen atoms in total. The van der Waals surface area contributed by atoms with E-state index >= 15 is 0 Å². The number of carbonyl (C=O) groups excluding carboxylic acids is 2. The van der Waals surface area contributed by atoms with Crippen molar-refractivity contribution in [2.24, 2.45) is 0 Å². The Bertz CT molecular complexity index is 749. The molecular formula is C23H32N2O4. The zero-order chi connectivity index (χ0) is 20.8. The number of hydrogen-bond acceptors (Lipinski definition) is 5. The fourth-order valence-electron chi connectivity index (χ4n) is 3.78. The first-order chi connectivity index (χ1) is 14.0. The van der Waals surface area contributed by atoms with Crippen molar-refractivity contribution in [3.05, 3.63) is 35.5 Å². The summed E-state index contributed by atoms with van der Waals surface area (Å²) in [7, 11) is 0. The van der Waals surface area contributed by atoms with Crippen LogP contribution in [0.2, 0.25) is 0 Å². The Labute approximate surface area is 173 Å². The quantitative estimate of drug-likeness (QED) is 0.469. The third-order valence-corrected chi connectivity index (χ3v) is 5.22. The van der Waals surface area contributed by atoms with Crippen molar-refractivity contribution in [2.75, 3.05) is 32.8 Å². The number of unbranched alkanes of at least 4 members (excludes halogenated alkanes) is 3. The molecule has 2 amide bonds. The summed E-state index contributed by atoms with van der Waals surface area (Å²) in [5.74, 6) is 0.391. The van der Waals surface area contributed by atoms with Gasteiger partial charge in [-0.15, -0.1) is 0 Å². The molecule has 0 atom stereocenters. The minimum absolute atomic E-state index is 0.0808. The van der Waals surface area contributed by atoms with Crippen LogP contribution in [0.15, 0.2) is 30.0 Å². The van der Waals surface area contributed by atoms with Gasteiger partial charge in [-0.05, 0) is 38.0 Å². The van der Waals surface area contributed by atoms with E-state index < -0.39 is 0 Å². The van der Waals surface area contributed by atoms with E-state index in [0.29, 0.717) is 44.1 Å². The Hall–Kier alpha value is -2.34. The largest absolute Gasteiger partial charge is 0.491 e. The number of nitrogens with zero attached hydrogens (tertiary/aromatic N) is 2. The second kappa shape index (κ2) is 9.92. The Balaban J connectivity index is 1.88. The van der Waals surface area contributed by atoms with Gasteiger partial charge in [0.2, 0.25) is 0 Å². The molecule has 0 aliphatic carbocycles. The Morgan fingerprint density at radius 3 is 2.31 bits per heavy atom. The third kappa shape index (κ3) is 4.99. The van der Waals surface area contributed by atoms with Crippen LogP contribution in [0.4, 0.5) is 0 Å². The number of rotatable bonds is 9. The molecule has 0 unspecified atom stereocenters. The van der Waals surface area contributed by atoms with Crippen molar-refractivity contribution in [1.29, 1.82) is 0 Å². The van der Waals surface area contributed by atoms with Gasteiger partial charge >= 0.3 is 0 Å². The fourth-order valence-corrected chi connectivity index (χ4v) is 3.78. The van der Waals surface area contributed by atoms with E-state index in [2.05, 4.69) is 6.92 Å². The molecule has 2 aliphatic rings. The summed E-state index contributed by atoms with van der Waals surface area (Å²) in [6.45, 7) is 8.95. The van der Waals surface area contributed by atoms with Crippen LogP contribution in [0, 0.1) is 0 Å². The van der Waals surface area contributed by atoms with Crippen LogP contribution in [0.3, 0.4) is 0 Å². The van der Waals surface area contributed by atoms with E-state index in [1.54, 1.807) is 0 Å². The van der Waals surface area contributed by atoms with Crippen LogP contribution in [0.5, 0.6) is 5.75 Å². The molecule has 6 heteroatoms. The average Bonchev–Trinajstić information content (AvgIpc) is 2.96. The fraction of sp³-hybridized carbons (Fsp3) is 0.565. The second-order valence-corrected chi connectivity index (χ2v) is 7.84. The lowest BCUT2D eigenvalue weighted by Gasteiger charge is -2.29. The summed E-state index contributed by atoms with van der Waals surface area (Å²) in [5.41, 5.74) is 1.78. The zero-order valence-corrected chi connectivity index (χ0v) is 17.8. The highest BCUT2D eigenvalue weighted by Crippen LogP contribution is 2.33. The lowest BCUT2D eigenvalue weighted by Crippen LogP contribution is -2.40. The molecule has 29 heavy (non-hydrogen) atoms. The molecule has 1 fully saturated rings.